The van der Waals surface area contributed by atoms with Crippen LogP contribution in [0.3, 0.4) is 0 Å². The van der Waals surface area contributed by atoms with E-state index >= 15 is 0 Å². The summed E-state index contributed by atoms with van der Waals surface area (Å²) in [5, 5.41) is 3.21. The number of hydrogen-bond donors (Lipinski definition) is 1. The molecule has 1 N–H and O–H groups in total. The molecular weight excluding hydrogens is 288 g/mol. The first kappa shape index (κ1) is 12.8. The van der Waals surface area contributed by atoms with Crippen molar-refractivity contribution in [3.05, 3.63) is 28.2 Å². The molecule has 2 rings (SSSR count). The Balaban J connectivity index is 2.13. The van der Waals surface area contributed by atoms with Gasteiger partial charge in [-0.05, 0) is 47.2 Å². The van der Waals surface area contributed by atoms with Crippen LogP contribution in [0.25, 0.3) is 0 Å². The highest BCUT2D eigenvalue weighted by Gasteiger charge is 2.30. The first-order valence-corrected chi connectivity index (χ1v) is 6.82. The lowest BCUT2D eigenvalue weighted by Gasteiger charge is -2.19. The van der Waals surface area contributed by atoms with Crippen molar-refractivity contribution >= 4 is 21.6 Å². The summed E-state index contributed by atoms with van der Waals surface area (Å²) in [5.41, 5.74) is 0.392. The third-order valence-electron chi connectivity index (χ3n) is 3.14. The van der Waals surface area contributed by atoms with Crippen LogP contribution < -0.4 is 5.32 Å². The fourth-order valence-electron chi connectivity index (χ4n) is 2.07. The van der Waals surface area contributed by atoms with Crippen molar-refractivity contribution in [1.82, 2.24) is 0 Å². The van der Waals surface area contributed by atoms with Crippen LogP contribution in [-0.4, -0.2) is 6.04 Å². The second-order valence-electron chi connectivity index (χ2n) is 4.62. The van der Waals surface area contributed by atoms with Gasteiger partial charge in [-0.15, -0.1) is 0 Å². The molecule has 1 aliphatic carbocycles. The Bertz CT molecular complexity index is 405. The molecule has 0 radical (unpaired) electrons. The number of hydrogen-bond acceptors (Lipinski definition) is 1. The fourth-order valence-corrected chi connectivity index (χ4v) is 2.41. The predicted octanol–water partition coefficient (Wildman–Crippen LogP) is 4.72. The molecule has 1 atom stereocenters. The van der Waals surface area contributed by atoms with Crippen molar-refractivity contribution in [3.63, 3.8) is 0 Å². The van der Waals surface area contributed by atoms with Crippen LogP contribution in [0.5, 0.6) is 0 Å². The molecule has 0 amide bonds. The van der Waals surface area contributed by atoms with Gasteiger partial charge in [0.15, 0.2) is 0 Å². The predicted molar refractivity (Wildman–Crippen MR) is 69.1 cm³/mol. The normalized spacial score (nSPS) is 16.9. The van der Waals surface area contributed by atoms with Crippen LogP contribution in [0.15, 0.2) is 16.6 Å². The molecule has 0 bridgehead atoms. The van der Waals surface area contributed by atoms with Gasteiger partial charge in [-0.1, -0.05) is 13.3 Å². The summed E-state index contributed by atoms with van der Waals surface area (Å²) in [6.07, 6.45) is 4.51. The number of nitrogens with one attached hydrogen (secondary N) is 1. The average Bonchev–Trinajstić information content (AvgIpc) is 3.08. The van der Waals surface area contributed by atoms with Crippen molar-refractivity contribution in [2.75, 3.05) is 5.32 Å². The molecule has 1 fully saturated rings. The van der Waals surface area contributed by atoms with Gasteiger partial charge in [0.2, 0.25) is 0 Å². The molecule has 0 aromatic heterocycles. The Labute approximate surface area is 109 Å². The summed E-state index contributed by atoms with van der Waals surface area (Å²) in [5.74, 6) is -0.433. The zero-order valence-corrected chi connectivity index (χ0v) is 11.4. The Morgan fingerprint density at radius 2 is 2.06 bits per heavy atom. The SMILES string of the molecule is CCCC(Nc1cc(Br)c(F)cc1F)C1CC1. The van der Waals surface area contributed by atoms with Gasteiger partial charge in [0, 0.05) is 12.1 Å². The molecular formula is C13H16BrF2N. The second kappa shape index (κ2) is 5.34. The standard InChI is InChI=1S/C13H16BrF2N/c1-2-3-12(8-4-5-8)17-13-6-9(14)10(15)7-11(13)16/h6-8,12,17H,2-5H2,1H3. The lowest BCUT2D eigenvalue weighted by atomic mass is 10.1. The van der Waals surface area contributed by atoms with Crippen molar-refractivity contribution in [2.45, 2.75) is 38.6 Å². The lowest BCUT2D eigenvalue weighted by Crippen LogP contribution is -2.22. The Hall–Kier alpha value is -0.640. The van der Waals surface area contributed by atoms with Crippen LogP contribution in [-0.2, 0) is 0 Å². The topological polar surface area (TPSA) is 12.0 Å². The Kier molecular flexibility index (Phi) is 4.02. The molecule has 0 saturated heterocycles. The van der Waals surface area contributed by atoms with Crippen LogP contribution in [0, 0.1) is 17.6 Å². The molecule has 0 heterocycles. The average molecular weight is 304 g/mol. The summed E-state index contributed by atoms with van der Waals surface area (Å²) in [4.78, 5) is 0. The zero-order valence-electron chi connectivity index (χ0n) is 9.77. The minimum Gasteiger partial charge on any atom is -0.380 e. The van der Waals surface area contributed by atoms with Crippen LogP contribution in [0.4, 0.5) is 14.5 Å². The van der Waals surface area contributed by atoms with E-state index in [0.29, 0.717) is 22.1 Å². The number of benzene rings is 1. The van der Waals surface area contributed by atoms with E-state index in [4.69, 9.17) is 0 Å². The molecule has 0 spiro atoms. The van der Waals surface area contributed by atoms with E-state index in [1.807, 2.05) is 0 Å². The molecule has 1 aromatic rings. The van der Waals surface area contributed by atoms with Crippen LogP contribution in [0.1, 0.15) is 32.6 Å². The van der Waals surface area contributed by atoms with Crippen molar-refractivity contribution in [2.24, 2.45) is 5.92 Å². The minimum atomic E-state index is -0.563. The zero-order chi connectivity index (χ0) is 12.4. The number of halogens is 3. The van der Waals surface area contributed by atoms with E-state index in [1.165, 1.54) is 18.9 Å². The van der Waals surface area contributed by atoms with Gasteiger partial charge in [-0.3, -0.25) is 0 Å². The van der Waals surface area contributed by atoms with E-state index in [-0.39, 0.29) is 0 Å². The van der Waals surface area contributed by atoms with E-state index < -0.39 is 11.6 Å². The summed E-state index contributed by atoms with van der Waals surface area (Å²) in [6, 6.07) is 2.71. The van der Waals surface area contributed by atoms with Gasteiger partial charge in [0.25, 0.3) is 0 Å². The maximum absolute atomic E-state index is 13.6. The highest BCUT2D eigenvalue weighted by molar-refractivity contribution is 9.10. The molecule has 17 heavy (non-hydrogen) atoms. The Morgan fingerprint density at radius 1 is 1.35 bits per heavy atom. The summed E-state index contributed by atoms with van der Waals surface area (Å²) in [6.45, 7) is 2.12. The molecule has 1 unspecified atom stereocenters. The third kappa shape index (κ3) is 3.18. The van der Waals surface area contributed by atoms with Gasteiger partial charge in [-0.2, -0.15) is 0 Å². The first-order valence-electron chi connectivity index (χ1n) is 6.03. The number of anilines is 1. The van der Waals surface area contributed by atoms with E-state index in [0.717, 1.165) is 18.9 Å². The van der Waals surface area contributed by atoms with Crippen molar-refractivity contribution in [1.29, 1.82) is 0 Å². The van der Waals surface area contributed by atoms with Gasteiger partial charge >= 0.3 is 0 Å². The van der Waals surface area contributed by atoms with Crippen molar-refractivity contribution in [3.8, 4) is 0 Å². The minimum absolute atomic E-state index is 0.299. The smallest absolute Gasteiger partial charge is 0.149 e. The maximum Gasteiger partial charge on any atom is 0.149 e. The summed E-state index contributed by atoms with van der Waals surface area (Å²) in [7, 11) is 0. The summed E-state index contributed by atoms with van der Waals surface area (Å²) >= 11 is 3.08. The molecule has 1 aromatic carbocycles. The quantitative estimate of drug-likeness (QED) is 0.776. The van der Waals surface area contributed by atoms with Crippen molar-refractivity contribution < 1.29 is 8.78 Å². The Morgan fingerprint density at radius 3 is 2.65 bits per heavy atom. The van der Waals surface area contributed by atoms with Crippen LogP contribution in [0.2, 0.25) is 0 Å². The van der Waals surface area contributed by atoms with Gasteiger partial charge in [-0.25, -0.2) is 8.78 Å². The molecule has 0 aliphatic heterocycles. The molecule has 94 valence electrons. The van der Waals surface area contributed by atoms with Gasteiger partial charge in [0.1, 0.15) is 11.6 Å². The highest BCUT2D eigenvalue weighted by atomic mass is 79.9. The summed E-state index contributed by atoms with van der Waals surface area (Å²) < 4.78 is 27.0. The molecule has 4 heteroatoms. The fraction of sp³-hybridized carbons (Fsp3) is 0.538. The maximum atomic E-state index is 13.6. The van der Waals surface area contributed by atoms with E-state index in [9.17, 15) is 8.78 Å². The van der Waals surface area contributed by atoms with E-state index in [2.05, 4.69) is 28.2 Å². The van der Waals surface area contributed by atoms with Gasteiger partial charge < -0.3 is 5.32 Å². The monoisotopic (exact) mass is 303 g/mol. The molecule has 1 nitrogen and oxygen atoms in total. The van der Waals surface area contributed by atoms with E-state index in [1.54, 1.807) is 0 Å². The molecule has 1 saturated carbocycles. The molecule has 1 aliphatic rings. The van der Waals surface area contributed by atoms with Crippen LogP contribution >= 0.6 is 15.9 Å². The first-order chi connectivity index (χ1) is 8.11. The largest absolute Gasteiger partial charge is 0.380 e. The highest BCUT2D eigenvalue weighted by Crippen LogP contribution is 2.37. The lowest BCUT2D eigenvalue weighted by molar-refractivity contribution is 0.557. The van der Waals surface area contributed by atoms with Gasteiger partial charge in [0.05, 0.1) is 10.2 Å². The third-order valence-corrected chi connectivity index (χ3v) is 3.75. The number of rotatable bonds is 5. The second-order valence-corrected chi connectivity index (χ2v) is 5.48.